The van der Waals surface area contributed by atoms with Gasteiger partial charge >= 0.3 is 0 Å². The molecule has 0 atom stereocenters. The molecular formula is C21H32O3. The molecule has 0 aliphatic heterocycles. The third-order valence-electron chi connectivity index (χ3n) is 4.17. The molecule has 0 radical (unpaired) electrons. The summed E-state index contributed by atoms with van der Waals surface area (Å²) >= 11 is 0. The molecule has 1 aromatic carbocycles. The van der Waals surface area contributed by atoms with E-state index < -0.39 is 0 Å². The van der Waals surface area contributed by atoms with E-state index in [1.165, 1.54) is 0 Å². The number of unbranched alkanes of at least 4 members (excludes halogenated alkanes) is 2. The van der Waals surface area contributed by atoms with E-state index in [0.717, 1.165) is 30.4 Å². The zero-order valence-corrected chi connectivity index (χ0v) is 15.7. The number of hydrogen-bond acceptors (Lipinski definition) is 3. The van der Waals surface area contributed by atoms with Crippen LogP contribution in [0.25, 0.3) is 0 Å². The van der Waals surface area contributed by atoms with Gasteiger partial charge in [0.2, 0.25) is 0 Å². The smallest absolute Gasteiger partial charge is 0.130 e. The number of hydrogen-bond donors (Lipinski definition) is 3. The minimum absolute atomic E-state index is 0.0132. The second kappa shape index (κ2) is 9.41. The van der Waals surface area contributed by atoms with E-state index in [1.54, 1.807) is 0 Å². The summed E-state index contributed by atoms with van der Waals surface area (Å²) in [5, 5.41) is 31.8. The normalized spacial score (nSPS) is 10.5. The first-order valence-electron chi connectivity index (χ1n) is 8.83. The highest BCUT2D eigenvalue weighted by atomic mass is 16.3. The number of aromatic hydroxyl groups is 3. The van der Waals surface area contributed by atoms with Gasteiger partial charge in [-0.1, -0.05) is 43.1 Å². The lowest BCUT2D eigenvalue weighted by Gasteiger charge is -2.17. The monoisotopic (exact) mass is 332 g/mol. The fraction of sp³-hybridized carbons (Fsp3) is 0.524. The van der Waals surface area contributed by atoms with Crippen LogP contribution in [0.15, 0.2) is 23.3 Å². The summed E-state index contributed by atoms with van der Waals surface area (Å²) in [5.74, 6) is 0.0957. The van der Waals surface area contributed by atoms with Crippen molar-refractivity contribution in [3.63, 3.8) is 0 Å². The highest BCUT2D eigenvalue weighted by molar-refractivity contribution is 5.62. The summed E-state index contributed by atoms with van der Waals surface area (Å²) in [6.07, 6.45) is 8.54. The number of rotatable bonds is 8. The molecule has 0 spiro atoms. The summed E-state index contributed by atoms with van der Waals surface area (Å²) < 4.78 is 0. The van der Waals surface area contributed by atoms with Gasteiger partial charge in [-0.2, -0.15) is 0 Å². The van der Waals surface area contributed by atoms with Crippen molar-refractivity contribution in [2.45, 2.75) is 73.1 Å². The Labute approximate surface area is 146 Å². The van der Waals surface area contributed by atoms with Gasteiger partial charge in [-0.05, 0) is 53.4 Å². The molecule has 1 aromatic rings. The standard InChI is InChI=1S/C21H32O3/c1-6-7-8-9-16-19(22)17(12-10-14(2)3)21(24)18(20(16)23)13-11-15(4)5/h10-11,22-24H,6-9,12-13H2,1-5H3. The maximum absolute atomic E-state index is 10.6. The minimum atomic E-state index is 0.0132. The maximum atomic E-state index is 10.6. The van der Waals surface area contributed by atoms with Crippen molar-refractivity contribution < 1.29 is 15.3 Å². The van der Waals surface area contributed by atoms with E-state index in [9.17, 15) is 15.3 Å². The summed E-state index contributed by atoms with van der Waals surface area (Å²) in [7, 11) is 0. The van der Waals surface area contributed by atoms with Crippen LogP contribution < -0.4 is 0 Å². The van der Waals surface area contributed by atoms with Gasteiger partial charge in [0.15, 0.2) is 0 Å². The van der Waals surface area contributed by atoms with Crippen LogP contribution in [0.4, 0.5) is 0 Å². The second-order valence-electron chi connectivity index (χ2n) is 6.91. The van der Waals surface area contributed by atoms with Gasteiger partial charge in [-0.25, -0.2) is 0 Å². The lowest BCUT2D eigenvalue weighted by Crippen LogP contribution is -1.99. The van der Waals surface area contributed by atoms with Crippen LogP contribution in [-0.4, -0.2) is 15.3 Å². The molecule has 0 saturated heterocycles. The Morgan fingerprint density at radius 2 is 1.12 bits per heavy atom. The molecule has 0 amide bonds. The number of allylic oxidation sites excluding steroid dienone is 4. The number of benzene rings is 1. The van der Waals surface area contributed by atoms with Crippen molar-refractivity contribution in [1.29, 1.82) is 0 Å². The summed E-state index contributed by atoms with van der Waals surface area (Å²) in [4.78, 5) is 0. The Morgan fingerprint density at radius 3 is 1.50 bits per heavy atom. The van der Waals surface area contributed by atoms with Crippen LogP contribution in [0.1, 0.15) is 70.6 Å². The van der Waals surface area contributed by atoms with Crippen LogP contribution in [0, 0.1) is 0 Å². The SMILES string of the molecule is CCCCCc1c(O)c(CC=C(C)C)c(O)c(CC=C(C)C)c1O. The average molecular weight is 332 g/mol. The van der Waals surface area contributed by atoms with E-state index in [1.807, 2.05) is 39.8 Å². The highest BCUT2D eigenvalue weighted by Gasteiger charge is 2.22. The zero-order valence-electron chi connectivity index (χ0n) is 15.7. The number of phenols is 3. The molecule has 0 aliphatic carbocycles. The first-order valence-corrected chi connectivity index (χ1v) is 8.83. The molecule has 0 bridgehead atoms. The van der Waals surface area contributed by atoms with Crippen LogP contribution in [-0.2, 0) is 19.3 Å². The predicted molar refractivity (Wildman–Crippen MR) is 101 cm³/mol. The molecule has 0 heterocycles. The molecule has 3 N–H and O–H groups in total. The van der Waals surface area contributed by atoms with Crippen LogP contribution >= 0.6 is 0 Å². The average Bonchev–Trinajstić information content (AvgIpc) is 2.49. The molecule has 134 valence electrons. The summed E-state index contributed by atoms with van der Waals surface area (Å²) in [5.41, 5.74) is 3.84. The van der Waals surface area contributed by atoms with Gasteiger partial charge in [0, 0.05) is 16.7 Å². The van der Waals surface area contributed by atoms with Crippen molar-refractivity contribution in [1.82, 2.24) is 0 Å². The van der Waals surface area contributed by atoms with Crippen molar-refractivity contribution in [3.8, 4) is 17.2 Å². The first kappa shape index (κ1) is 20.1. The summed E-state index contributed by atoms with van der Waals surface area (Å²) in [6.45, 7) is 10.1. The predicted octanol–water partition coefficient (Wildman–Crippen LogP) is 5.55. The highest BCUT2D eigenvalue weighted by Crippen LogP contribution is 2.43. The lowest BCUT2D eigenvalue weighted by atomic mass is 9.93. The van der Waals surface area contributed by atoms with Crippen molar-refractivity contribution in [2.24, 2.45) is 0 Å². The van der Waals surface area contributed by atoms with Gasteiger partial charge in [-0.3, -0.25) is 0 Å². The molecule has 3 nitrogen and oxygen atoms in total. The molecule has 0 fully saturated rings. The van der Waals surface area contributed by atoms with Crippen molar-refractivity contribution in [2.75, 3.05) is 0 Å². The summed E-state index contributed by atoms with van der Waals surface area (Å²) in [6, 6.07) is 0. The van der Waals surface area contributed by atoms with E-state index in [2.05, 4.69) is 6.92 Å². The Hall–Kier alpha value is -1.90. The Bertz CT molecular complexity index is 569. The van der Waals surface area contributed by atoms with Gasteiger partial charge in [-0.15, -0.1) is 0 Å². The zero-order chi connectivity index (χ0) is 18.3. The quantitative estimate of drug-likeness (QED) is 0.432. The van der Waals surface area contributed by atoms with Crippen molar-refractivity contribution >= 4 is 0 Å². The van der Waals surface area contributed by atoms with Crippen LogP contribution in [0.3, 0.4) is 0 Å². The third kappa shape index (κ3) is 5.33. The van der Waals surface area contributed by atoms with Crippen LogP contribution in [0.5, 0.6) is 17.2 Å². The first-order chi connectivity index (χ1) is 11.3. The second-order valence-corrected chi connectivity index (χ2v) is 6.91. The van der Waals surface area contributed by atoms with Gasteiger partial charge in [0.1, 0.15) is 17.2 Å². The molecular weight excluding hydrogens is 300 g/mol. The van der Waals surface area contributed by atoms with Crippen molar-refractivity contribution in [3.05, 3.63) is 40.0 Å². The van der Waals surface area contributed by atoms with E-state index in [-0.39, 0.29) is 17.2 Å². The topological polar surface area (TPSA) is 60.7 Å². The van der Waals surface area contributed by atoms with Gasteiger partial charge < -0.3 is 15.3 Å². The molecule has 0 aromatic heterocycles. The molecule has 0 unspecified atom stereocenters. The molecule has 3 heteroatoms. The fourth-order valence-electron chi connectivity index (χ4n) is 2.67. The molecule has 0 saturated carbocycles. The van der Waals surface area contributed by atoms with E-state index in [0.29, 0.717) is 36.0 Å². The maximum Gasteiger partial charge on any atom is 0.130 e. The Balaban J connectivity index is 3.40. The van der Waals surface area contributed by atoms with Gasteiger partial charge in [0.25, 0.3) is 0 Å². The molecule has 1 rings (SSSR count). The Morgan fingerprint density at radius 1 is 0.708 bits per heavy atom. The van der Waals surface area contributed by atoms with E-state index in [4.69, 9.17) is 0 Å². The van der Waals surface area contributed by atoms with Gasteiger partial charge in [0.05, 0.1) is 0 Å². The lowest BCUT2D eigenvalue weighted by molar-refractivity contribution is 0.404. The molecule has 24 heavy (non-hydrogen) atoms. The van der Waals surface area contributed by atoms with Crippen LogP contribution in [0.2, 0.25) is 0 Å². The number of phenolic OH excluding ortho intramolecular Hbond substituents is 3. The minimum Gasteiger partial charge on any atom is -0.507 e. The molecule has 0 aliphatic rings. The third-order valence-corrected chi connectivity index (χ3v) is 4.17. The fourth-order valence-corrected chi connectivity index (χ4v) is 2.67. The largest absolute Gasteiger partial charge is 0.507 e. The Kier molecular flexibility index (Phi) is 7.90. The van der Waals surface area contributed by atoms with E-state index >= 15 is 0 Å².